The SMILES string of the molecule is O=C1NCCC2(CCCCCC2)O1. The number of rotatable bonds is 0. The minimum Gasteiger partial charge on any atom is -0.443 e. The van der Waals surface area contributed by atoms with Gasteiger partial charge >= 0.3 is 6.09 Å². The summed E-state index contributed by atoms with van der Waals surface area (Å²) in [6.07, 6.45) is 7.95. The van der Waals surface area contributed by atoms with Gasteiger partial charge in [-0.1, -0.05) is 12.8 Å². The summed E-state index contributed by atoms with van der Waals surface area (Å²) in [5, 5.41) is 2.71. The molecule has 74 valence electrons. The summed E-state index contributed by atoms with van der Waals surface area (Å²) < 4.78 is 5.44. The first-order valence-corrected chi connectivity index (χ1v) is 5.28. The van der Waals surface area contributed by atoms with Gasteiger partial charge in [0, 0.05) is 13.0 Å². The summed E-state index contributed by atoms with van der Waals surface area (Å²) in [5.74, 6) is 0. The molecular formula is C10H17NO2. The van der Waals surface area contributed by atoms with Crippen LogP contribution in [0.4, 0.5) is 4.79 Å². The first-order valence-electron chi connectivity index (χ1n) is 5.28. The summed E-state index contributed by atoms with van der Waals surface area (Å²) in [4.78, 5) is 11.1. The van der Waals surface area contributed by atoms with Gasteiger partial charge in [-0.2, -0.15) is 0 Å². The van der Waals surface area contributed by atoms with E-state index in [1.54, 1.807) is 0 Å². The van der Waals surface area contributed by atoms with Gasteiger partial charge in [-0.25, -0.2) is 4.79 Å². The summed E-state index contributed by atoms with van der Waals surface area (Å²) >= 11 is 0. The van der Waals surface area contributed by atoms with E-state index in [2.05, 4.69) is 5.32 Å². The summed E-state index contributed by atoms with van der Waals surface area (Å²) in [5.41, 5.74) is -0.0984. The Hall–Kier alpha value is -0.730. The molecule has 0 aromatic carbocycles. The van der Waals surface area contributed by atoms with Crippen LogP contribution in [0.25, 0.3) is 0 Å². The highest BCUT2D eigenvalue weighted by Crippen LogP contribution is 2.34. The minimum atomic E-state index is -0.215. The highest BCUT2D eigenvalue weighted by Gasteiger charge is 2.37. The number of hydrogen-bond donors (Lipinski definition) is 1. The molecule has 1 aliphatic carbocycles. The van der Waals surface area contributed by atoms with Crippen LogP contribution in [0.2, 0.25) is 0 Å². The number of hydrogen-bond acceptors (Lipinski definition) is 2. The van der Waals surface area contributed by atoms with Crippen molar-refractivity contribution in [3.63, 3.8) is 0 Å². The lowest BCUT2D eigenvalue weighted by atomic mass is 9.90. The number of nitrogens with one attached hydrogen (secondary N) is 1. The summed E-state index contributed by atoms with van der Waals surface area (Å²) in [7, 11) is 0. The lowest BCUT2D eigenvalue weighted by molar-refractivity contribution is -0.0235. The molecule has 1 saturated carbocycles. The second-order valence-corrected chi connectivity index (χ2v) is 4.16. The molecule has 13 heavy (non-hydrogen) atoms. The average molecular weight is 183 g/mol. The molecular weight excluding hydrogens is 166 g/mol. The van der Waals surface area contributed by atoms with E-state index in [0.717, 1.165) is 25.8 Å². The van der Waals surface area contributed by atoms with Gasteiger partial charge in [0.25, 0.3) is 0 Å². The van der Waals surface area contributed by atoms with Crippen LogP contribution < -0.4 is 5.32 Å². The molecule has 0 atom stereocenters. The normalized spacial score (nSPS) is 27.5. The third kappa shape index (κ3) is 1.95. The standard InChI is InChI=1S/C10H17NO2/c12-9-11-8-7-10(13-9)5-3-1-2-4-6-10/h1-8H2,(H,11,12). The minimum absolute atomic E-state index is 0.0984. The Morgan fingerprint density at radius 1 is 1.08 bits per heavy atom. The zero-order valence-electron chi connectivity index (χ0n) is 7.97. The number of carbonyl (C=O) groups is 1. The van der Waals surface area contributed by atoms with Gasteiger partial charge in [-0.15, -0.1) is 0 Å². The third-order valence-electron chi connectivity index (χ3n) is 3.17. The van der Waals surface area contributed by atoms with Crippen LogP contribution in [0.5, 0.6) is 0 Å². The quantitative estimate of drug-likeness (QED) is 0.625. The van der Waals surface area contributed by atoms with Crippen molar-refractivity contribution in [2.75, 3.05) is 6.54 Å². The molecule has 2 fully saturated rings. The van der Waals surface area contributed by atoms with E-state index in [1.807, 2.05) is 0 Å². The van der Waals surface area contributed by atoms with Gasteiger partial charge in [-0.05, 0) is 25.7 Å². The lowest BCUT2D eigenvalue weighted by Crippen LogP contribution is -2.47. The van der Waals surface area contributed by atoms with Crippen LogP contribution >= 0.6 is 0 Å². The Morgan fingerprint density at radius 2 is 1.77 bits per heavy atom. The fourth-order valence-electron chi connectivity index (χ4n) is 2.40. The lowest BCUT2D eigenvalue weighted by Gasteiger charge is -2.36. The van der Waals surface area contributed by atoms with Gasteiger partial charge in [0.1, 0.15) is 5.60 Å². The second-order valence-electron chi connectivity index (χ2n) is 4.16. The van der Waals surface area contributed by atoms with Gasteiger partial charge in [0.05, 0.1) is 0 Å². The van der Waals surface area contributed by atoms with Gasteiger partial charge in [-0.3, -0.25) is 0 Å². The Balaban J connectivity index is 2.02. The van der Waals surface area contributed by atoms with E-state index < -0.39 is 0 Å². The molecule has 1 amide bonds. The maximum atomic E-state index is 11.1. The molecule has 0 radical (unpaired) electrons. The summed E-state index contributed by atoms with van der Waals surface area (Å²) in [6, 6.07) is 0. The Kier molecular flexibility index (Phi) is 2.42. The average Bonchev–Trinajstić information content (AvgIpc) is 2.31. The van der Waals surface area contributed by atoms with Crippen molar-refractivity contribution >= 4 is 6.09 Å². The molecule has 1 saturated heterocycles. The molecule has 1 N–H and O–H groups in total. The van der Waals surface area contributed by atoms with Gasteiger partial charge < -0.3 is 10.1 Å². The number of amides is 1. The molecule has 3 heteroatoms. The van der Waals surface area contributed by atoms with Gasteiger partial charge in [0.2, 0.25) is 0 Å². The van der Waals surface area contributed by atoms with Crippen molar-refractivity contribution in [2.24, 2.45) is 0 Å². The largest absolute Gasteiger partial charge is 0.443 e. The maximum Gasteiger partial charge on any atom is 0.407 e. The van der Waals surface area contributed by atoms with E-state index in [0.29, 0.717) is 0 Å². The van der Waals surface area contributed by atoms with Crippen LogP contribution in [0, 0.1) is 0 Å². The first-order chi connectivity index (χ1) is 6.31. The van der Waals surface area contributed by atoms with Crippen LogP contribution in [0.15, 0.2) is 0 Å². The molecule has 2 rings (SSSR count). The van der Waals surface area contributed by atoms with Crippen molar-refractivity contribution in [3.05, 3.63) is 0 Å². The summed E-state index contributed by atoms with van der Waals surface area (Å²) in [6.45, 7) is 0.791. The van der Waals surface area contributed by atoms with E-state index >= 15 is 0 Å². The van der Waals surface area contributed by atoms with Gasteiger partial charge in [0.15, 0.2) is 0 Å². The molecule has 1 aliphatic heterocycles. The number of ether oxygens (including phenoxy) is 1. The zero-order chi connectivity index (χ0) is 9.15. The highest BCUT2D eigenvalue weighted by molar-refractivity contribution is 5.68. The third-order valence-corrected chi connectivity index (χ3v) is 3.17. The fourth-order valence-corrected chi connectivity index (χ4v) is 2.40. The van der Waals surface area contributed by atoms with Crippen LogP contribution in [-0.4, -0.2) is 18.2 Å². The molecule has 0 aromatic rings. The predicted molar refractivity (Wildman–Crippen MR) is 49.5 cm³/mol. The van der Waals surface area contributed by atoms with E-state index in [9.17, 15) is 4.79 Å². The smallest absolute Gasteiger partial charge is 0.407 e. The molecule has 3 nitrogen and oxygen atoms in total. The topological polar surface area (TPSA) is 38.3 Å². The Labute approximate surface area is 78.8 Å². The van der Waals surface area contributed by atoms with Crippen molar-refractivity contribution in [2.45, 2.75) is 50.5 Å². The maximum absolute atomic E-state index is 11.1. The van der Waals surface area contributed by atoms with E-state index in [-0.39, 0.29) is 11.7 Å². The molecule has 0 bridgehead atoms. The fraction of sp³-hybridized carbons (Fsp3) is 0.900. The Bertz CT molecular complexity index is 195. The highest BCUT2D eigenvalue weighted by atomic mass is 16.6. The zero-order valence-corrected chi connectivity index (χ0v) is 7.97. The van der Waals surface area contributed by atoms with Crippen LogP contribution in [-0.2, 0) is 4.74 Å². The van der Waals surface area contributed by atoms with E-state index in [1.165, 1.54) is 25.7 Å². The van der Waals surface area contributed by atoms with E-state index in [4.69, 9.17) is 4.74 Å². The van der Waals surface area contributed by atoms with Crippen molar-refractivity contribution in [3.8, 4) is 0 Å². The predicted octanol–water partition coefficient (Wildman–Crippen LogP) is 2.21. The second kappa shape index (κ2) is 3.56. The monoisotopic (exact) mass is 183 g/mol. The molecule has 2 aliphatic rings. The van der Waals surface area contributed by atoms with Crippen molar-refractivity contribution < 1.29 is 9.53 Å². The first kappa shape index (κ1) is 8.85. The van der Waals surface area contributed by atoms with Crippen LogP contribution in [0.1, 0.15) is 44.9 Å². The van der Waals surface area contributed by atoms with Crippen LogP contribution in [0.3, 0.4) is 0 Å². The molecule has 0 aromatic heterocycles. The molecule has 0 unspecified atom stereocenters. The molecule has 1 spiro atoms. The number of carbonyl (C=O) groups excluding carboxylic acids is 1. The van der Waals surface area contributed by atoms with Crippen molar-refractivity contribution in [1.29, 1.82) is 0 Å². The Morgan fingerprint density at radius 3 is 2.38 bits per heavy atom. The van der Waals surface area contributed by atoms with Crippen molar-refractivity contribution in [1.82, 2.24) is 5.32 Å². The number of alkyl carbamates (subject to hydrolysis) is 1. The molecule has 1 heterocycles.